The molecule has 1 heterocycles. The highest BCUT2D eigenvalue weighted by molar-refractivity contribution is 6.39. The summed E-state index contributed by atoms with van der Waals surface area (Å²) in [5.41, 5.74) is 3.09. The van der Waals surface area contributed by atoms with Gasteiger partial charge in [-0.3, -0.25) is 15.0 Å². The van der Waals surface area contributed by atoms with Crippen LogP contribution in [0, 0.1) is 0 Å². The molecule has 0 bridgehead atoms. The van der Waals surface area contributed by atoms with Gasteiger partial charge in [-0.05, 0) is 25.2 Å². The van der Waals surface area contributed by atoms with Gasteiger partial charge in [0.1, 0.15) is 0 Å². The zero-order valence-electron chi connectivity index (χ0n) is 11.2. The van der Waals surface area contributed by atoms with E-state index in [4.69, 9.17) is 11.6 Å². The average molecular weight is 297 g/mol. The Morgan fingerprint density at radius 3 is 2.50 bits per heavy atom. The predicted octanol–water partition coefficient (Wildman–Crippen LogP) is 0.557. The highest BCUT2D eigenvalue weighted by Crippen LogP contribution is 2.14. The van der Waals surface area contributed by atoms with Gasteiger partial charge < -0.3 is 10.2 Å². The Hall–Kier alpha value is -1.63. The molecule has 0 radical (unpaired) electrons. The van der Waals surface area contributed by atoms with Gasteiger partial charge in [0.25, 0.3) is 0 Å². The Labute approximate surface area is 122 Å². The van der Waals surface area contributed by atoms with Crippen molar-refractivity contribution in [2.75, 3.05) is 38.5 Å². The number of piperazine rings is 1. The van der Waals surface area contributed by atoms with Crippen LogP contribution in [0.4, 0.5) is 5.69 Å². The maximum absolute atomic E-state index is 11.8. The second kappa shape index (κ2) is 6.69. The average Bonchev–Trinajstić information content (AvgIpc) is 2.41. The van der Waals surface area contributed by atoms with Crippen LogP contribution in [0.2, 0.25) is 5.02 Å². The molecule has 0 unspecified atom stereocenters. The van der Waals surface area contributed by atoms with Gasteiger partial charge in [-0.2, -0.15) is 0 Å². The molecule has 0 aliphatic carbocycles. The van der Waals surface area contributed by atoms with Crippen LogP contribution in [0.3, 0.4) is 0 Å². The van der Waals surface area contributed by atoms with E-state index < -0.39 is 11.8 Å². The first kappa shape index (κ1) is 14.8. The van der Waals surface area contributed by atoms with Crippen molar-refractivity contribution in [1.82, 2.24) is 15.3 Å². The number of nitrogens with one attached hydrogen (secondary N) is 2. The quantitative estimate of drug-likeness (QED) is 0.783. The molecule has 0 aromatic heterocycles. The minimum atomic E-state index is -0.703. The van der Waals surface area contributed by atoms with Crippen LogP contribution >= 0.6 is 11.6 Å². The standard InChI is InChI=1S/C13H17ClN4O2/c1-17-5-7-18(8-6-17)16-13(20)12(19)15-11-4-2-3-10(14)9-11/h2-4,9H,5-8H2,1H3,(H,15,19)(H,16,20). The first-order chi connectivity index (χ1) is 9.54. The number of carbonyl (C=O) groups is 2. The molecule has 1 aliphatic rings. The monoisotopic (exact) mass is 296 g/mol. The summed E-state index contributed by atoms with van der Waals surface area (Å²) in [6, 6.07) is 6.66. The van der Waals surface area contributed by atoms with Gasteiger partial charge in [0.05, 0.1) is 0 Å². The van der Waals surface area contributed by atoms with Crippen LogP contribution in [0.25, 0.3) is 0 Å². The zero-order chi connectivity index (χ0) is 14.5. The van der Waals surface area contributed by atoms with Crippen molar-refractivity contribution in [2.24, 2.45) is 0 Å². The summed E-state index contributed by atoms with van der Waals surface area (Å²) in [7, 11) is 2.02. The number of rotatable bonds is 2. The van der Waals surface area contributed by atoms with Crippen molar-refractivity contribution in [3.8, 4) is 0 Å². The summed E-state index contributed by atoms with van der Waals surface area (Å²) in [5, 5.41) is 4.76. The number of benzene rings is 1. The van der Waals surface area contributed by atoms with E-state index in [0.717, 1.165) is 13.1 Å². The fourth-order valence-electron chi connectivity index (χ4n) is 1.87. The highest BCUT2D eigenvalue weighted by atomic mass is 35.5. The Morgan fingerprint density at radius 2 is 1.85 bits per heavy atom. The Kier molecular flexibility index (Phi) is 4.94. The number of anilines is 1. The smallest absolute Gasteiger partial charge is 0.318 e. The maximum Gasteiger partial charge on any atom is 0.323 e. The van der Waals surface area contributed by atoms with E-state index in [2.05, 4.69) is 15.6 Å². The minimum absolute atomic E-state index is 0.496. The van der Waals surface area contributed by atoms with Crippen molar-refractivity contribution < 1.29 is 9.59 Å². The first-order valence-corrected chi connectivity index (χ1v) is 6.73. The van der Waals surface area contributed by atoms with Crippen LogP contribution < -0.4 is 10.7 Å². The fourth-order valence-corrected chi connectivity index (χ4v) is 2.06. The summed E-state index contributed by atoms with van der Waals surface area (Å²) in [4.78, 5) is 25.7. The lowest BCUT2D eigenvalue weighted by Crippen LogP contribution is -2.54. The number of amides is 2. The number of hydrogen-bond donors (Lipinski definition) is 2. The van der Waals surface area contributed by atoms with Gasteiger partial charge in [-0.1, -0.05) is 17.7 Å². The summed E-state index contributed by atoms with van der Waals surface area (Å²) in [6.45, 7) is 3.12. The number of hydrazine groups is 1. The number of carbonyl (C=O) groups excluding carboxylic acids is 2. The molecule has 1 aromatic carbocycles. The molecule has 1 fully saturated rings. The Balaban J connectivity index is 1.84. The molecule has 108 valence electrons. The number of halogens is 1. The van der Waals surface area contributed by atoms with Crippen molar-refractivity contribution in [3.05, 3.63) is 29.3 Å². The SMILES string of the molecule is CN1CCN(NC(=O)C(=O)Nc2cccc(Cl)c2)CC1. The van der Waals surface area contributed by atoms with Gasteiger partial charge >= 0.3 is 11.8 Å². The van der Waals surface area contributed by atoms with Crippen molar-refractivity contribution >= 4 is 29.1 Å². The summed E-state index contributed by atoms with van der Waals surface area (Å²) >= 11 is 5.81. The molecule has 0 spiro atoms. The number of likely N-dealkylation sites (N-methyl/N-ethyl adjacent to an activating group) is 1. The van der Waals surface area contributed by atoms with Crippen LogP contribution in [-0.4, -0.2) is 54.9 Å². The van der Waals surface area contributed by atoms with E-state index in [1.165, 1.54) is 0 Å². The molecule has 1 aromatic rings. The number of hydrogen-bond acceptors (Lipinski definition) is 4. The summed E-state index contributed by atoms with van der Waals surface area (Å²) < 4.78 is 0. The Bertz CT molecular complexity index is 501. The largest absolute Gasteiger partial charge is 0.323 e. The van der Waals surface area contributed by atoms with E-state index in [9.17, 15) is 9.59 Å². The third-order valence-electron chi connectivity index (χ3n) is 3.05. The molecule has 7 heteroatoms. The van der Waals surface area contributed by atoms with Gasteiger partial charge in [0.15, 0.2) is 0 Å². The molecular weight excluding hydrogens is 280 g/mol. The van der Waals surface area contributed by atoms with E-state index >= 15 is 0 Å². The van der Waals surface area contributed by atoms with E-state index in [-0.39, 0.29) is 0 Å². The normalized spacial score (nSPS) is 16.7. The van der Waals surface area contributed by atoms with Crippen molar-refractivity contribution in [1.29, 1.82) is 0 Å². The second-order valence-electron chi connectivity index (χ2n) is 4.70. The molecule has 2 rings (SSSR count). The fraction of sp³-hybridized carbons (Fsp3) is 0.385. The molecule has 0 saturated carbocycles. The Morgan fingerprint density at radius 1 is 1.15 bits per heavy atom. The maximum atomic E-state index is 11.8. The van der Waals surface area contributed by atoms with E-state index in [1.807, 2.05) is 7.05 Å². The van der Waals surface area contributed by atoms with Gasteiger partial charge in [-0.15, -0.1) is 0 Å². The molecule has 2 amide bonds. The lowest BCUT2D eigenvalue weighted by atomic mass is 10.3. The zero-order valence-corrected chi connectivity index (χ0v) is 12.0. The molecule has 20 heavy (non-hydrogen) atoms. The molecular formula is C13H17ClN4O2. The second-order valence-corrected chi connectivity index (χ2v) is 5.13. The third-order valence-corrected chi connectivity index (χ3v) is 3.29. The van der Waals surface area contributed by atoms with Crippen LogP contribution in [0.5, 0.6) is 0 Å². The number of nitrogens with zero attached hydrogens (tertiary/aromatic N) is 2. The van der Waals surface area contributed by atoms with E-state index in [1.54, 1.807) is 29.3 Å². The first-order valence-electron chi connectivity index (χ1n) is 6.35. The molecule has 0 atom stereocenters. The van der Waals surface area contributed by atoms with Crippen molar-refractivity contribution in [3.63, 3.8) is 0 Å². The predicted molar refractivity (Wildman–Crippen MR) is 77.3 cm³/mol. The lowest BCUT2D eigenvalue weighted by Gasteiger charge is -2.32. The molecule has 2 N–H and O–H groups in total. The summed E-state index contributed by atoms with van der Waals surface area (Å²) in [5.74, 6) is -1.37. The van der Waals surface area contributed by atoms with Gasteiger partial charge in [0, 0.05) is 36.9 Å². The molecule has 1 saturated heterocycles. The van der Waals surface area contributed by atoms with Crippen LogP contribution in [0.1, 0.15) is 0 Å². The minimum Gasteiger partial charge on any atom is -0.318 e. The lowest BCUT2D eigenvalue weighted by molar-refractivity contribution is -0.139. The molecule has 6 nitrogen and oxygen atoms in total. The van der Waals surface area contributed by atoms with Gasteiger partial charge in [0.2, 0.25) is 0 Å². The third kappa shape index (κ3) is 4.19. The highest BCUT2D eigenvalue weighted by Gasteiger charge is 2.20. The van der Waals surface area contributed by atoms with Crippen molar-refractivity contribution in [2.45, 2.75) is 0 Å². The van der Waals surface area contributed by atoms with Crippen LogP contribution in [-0.2, 0) is 9.59 Å². The topological polar surface area (TPSA) is 64.7 Å². The van der Waals surface area contributed by atoms with E-state index in [0.29, 0.717) is 23.8 Å². The van der Waals surface area contributed by atoms with Gasteiger partial charge in [-0.25, -0.2) is 5.01 Å². The summed E-state index contributed by atoms with van der Waals surface area (Å²) in [6.07, 6.45) is 0. The molecule has 1 aliphatic heterocycles. The van der Waals surface area contributed by atoms with Crippen LogP contribution in [0.15, 0.2) is 24.3 Å².